The zero-order valence-corrected chi connectivity index (χ0v) is 12.3. The van der Waals surface area contributed by atoms with Gasteiger partial charge in [0.2, 0.25) is 0 Å². The topological polar surface area (TPSA) is 35.5 Å². The molecule has 3 nitrogen and oxygen atoms in total. The van der Waals surface area contributed by atoms with Crippen LogP contribution >= 0.6 is 0 Å². The van der Waals surface area contributed by atoms with Gasteiger partial charge in [-0.15, -0.1) is 0 Å². The maximum Gasteiger partial charge on any atom is 0.338 e. The summed E-state index contributed by atoms with van der Waals surface area (Å²) in [6, 6.07) is 11.6. The number of carbonyl (C=O) groups excluding carboxylic acids is 1. The molecule has 0 N–H and O–H groups in total. The van der Waals surface area contributed by atoms with Crippen molar-refractivity contribution >= 4 is 16.7 Å². The summed E-state index contributed by atoms with van der Waals surface area (Å²) in [5, 5.41) is 1.88. The van der Waals surface area contributed by atoms with Crippen LogP contribution in [0.4, 0.5) is 0 Å². The Labute approximate surface area is 124 Å². The second-order valence-electron chi connectivity index (χ2n) is 5.40. The number of hydrogen-bond donors (Lipinski definition) is 0. The third-order valence-corrected chi connectivity index (χ3v) is 3.98. The van der Waals surface area contributed by atoms with E-state index in [-0.39, 0.29) is 5.97 Å². The molecule has 0 radical (unpaired) electrons. The number of esters is 1. The first-order valence-corrected chi connectivity index (χ1v) is 7.65. The molecule has 1 saturated carbocycles. The molecule has 2 aromatic rings. The van der Waals surface area contributed by atoms with E-state index in [0.717, 1.165) is 29.4 Å². The monoisotopic (exact) mass is 284 g/mol. The number of ether oxygens (including phenoxy) is 2. The first kappa shape index (κ1) is 13.9. The first-order valence-electron chi connectivity index (χ1n) is 7.65. The molecular weight excluding hydrogens is 264 g/mol. The normalized spacial score (nSPS) is 15.3. The van der Waals surface area contributed by atoms with Crippen molar-refractivity contribution in [3.05, 3.63) is 42.0 Å². The summed E-state index contributed by atoms with van der Waals surface area (Å²) in [4.78, 5) is 12.1. The molecule has 1 fully saturated rings. The Morgan fingerprint density at radius 1 is 1.10 bits per heavy atom. The van der Waals surface area contributed by atoms with Gasteiger partial charge in [0.25, 0.3) is 0 Å². The number of hydrogen-bond acceptors (Lipinski definition) is 3. The minimum Gasteiger partial charge on any atom is -0.490 e. The van der Waals surface area contributed by atoms with E-state index in [1.807, 2.05) is 43.3 Å². The summed E-state index contributed by atoms with van der Waals surface area (Å²) in [6.45, 7) is 2.20. The van der Waals surface area contributed by atoms with Gasteiger partial charge in [0.05, 0.1) is 18.3 Å². The predicted molar refractivity (Wildman–Crippen MR) is 82.8 cm³/mol. The highest BCUT2D eigenvalue weighted by Crippen LogP contribution is 2.32. The van der Waals surface area contributed by atoms with E-state index in [9.17, 15) is 4.79 Å². The molecule has 3 heteroatoms. The maximum absolute atomic E-state index is 12.1. The van der Waals surface area contributed by atoms with Crippen molar-refractivity contribution in [3.8, 4) is 5.75 Å². The molecule has 1 aliphatic rings. The van der Waals surface area contributed by atoms with Crippen LogP contribution in [0.3, 0.4) is 0 Å². The van der Waals surface area contributed by atoms with Crippen molar-refractivity contribution in [1.82, 2.24) is 0 Å². The quantitative estimate of drug-likeness (QED) is 0.783. The lowest BCUT2D eigenvalue weighted by Crippen LogP contribution is -2.12. The molecule has 0 unspecified atom stereocenters. The van der Waals surface area contributed by atoms with Crippen LogP contribution in [0.15, 0.2) is 36.4 Å². The van der Waals surface area contributed by atoms with E-state index >= 15 is 0 Å². The molecule has 1 aliphatic carbocycles. The zero-order chi connectivity index (χ0) is 14.7. The Morgan fingerprint density at radius 2 is 1.81 bits per heavy atom. The molecule has 0 spiro atoms. The van der Waals surface area contributed by atoms with Gasteiger partial charge >= 0.3 is 5.97 Å². The molecule has 2 aromatic carbocycles. The Hall–Kier alpha value is -2.03. The average molecular weight is 284 g/mol. The Morgan fingerprint density at radius 3 is 2.52 bits per heavy atom. The highest BCUT2D eigenvalue weighted by atomic mass is 16.5. The fraction of sp³-hybridized carbons (Fsp3) is 0.389. The SMILES string of the molecule is CCOC(=O)c1ccc(OC2CCCC2)c2ccccc12. The average Bonchev–Trinajstić information content (AvgIpc) is 3.01. The Bertz CT molecular complexity index is 642. The summed E-state index contributed by atoms with van der Waals surface area (Å²) in [7, 11) is 0. The molecule has 0 saturated heterocycles. The fourth-order valence-electron chi connectivity index (χ4n) is 2.95. The minimum absolute atomic E-state index is 0.277. The van der Waals surface area contributed by atoms with Crippen molar-refractivity contribution in [2.45, 2.75) is 38.7 Å². The van der Waals surface area contributed by atoms with Gasteiger partial charge in [-0.25, -0.2) is 4.79 Å². The van der Waals surface area contributed by atoms with Gasteiger partial charge in [-0.3, -0.25) is 0 Å². The lowest BCUT2D eigenvalue weighted by Gasteiger charge is -2.16. The predicted octanol–water partition coefficient (Wildman–Crippen LogP) is 4.34. The van der Waals surface area contributed by atoms with Crippen molar-refractivity contribution in [2.24, 2.45) is 0 Å². The van der Waals surface area contributed by atoms with Crippen molar-refractivity contribution in [3.63, 3.8) is 0 Å². The van der Waals surface area contributed by atoms with Crippen molar-refractivity contribution < 1.29 is 14.3 Å². The van der Waals surface area contributed by atoms with Gasteiger partial charge in [-0.1, -0.05) is 24.3 Å². The van der Waals surface area contributed by atoms with Gasteiger partial charge in [-0.05, 0) is 50.1 Å². The van der Waals surface area contributed by atoms with E-state index in [2.05, 4.69) is 0 Å². The van der Waals surface area contributed by atoms with Gasteiger partial charge in [0.1, 0.15) is 5.75 Å². The summed E-state index contributed by atoms with van der Waals surface area (Å²) < 4.78 is 11.3. The van der Waals surface area contributed by atoms with E-state index in [0.29, 0.717) is 18.3 Å². The smallest absolute Gasteiger partial charge is 0.338 e. The standard InChI is InChI=1S/C18H20O3/c1-2-20-18(19)16-11-12-17(21-13-7-3-4-8-13)15-10-6-5-9-14(15)16/h5-6,9-13H,2-4,7-8H2,1H3. The number of fused-ring (bicyclic) bond motifs is 1. The van der Waals surface area contributed by atoms with Gasteiger partial charge in [0.15, 0.2) is 0 Å². The lowest BCUT2D eigenvalue weighted by atomic mass is 10.0. The van der Waals surface area contributed by atoms with Crippen LogP contribution in [-0.2, 0) is 4.74 Å². The number of rotatable bonds is 4. The van der Waals surface area contributed by atoms with Crippen LogP contribution in [0.2, 0.25) is 0 Å². The summed E-state index contributed by atoms with van der Waals surface area (Å²) >= 11 is 0. The summed E-state index contributed by atoms with van der Waals surface area (Å²) in [6.07, 6.45) is 5.02. The van der Waals surface area contributed by atoms with Crippen molar-refractivity contribution in [2.75, 3.05) is 6.61 Å². The third kappa shape index (κ3) is 2.87. The zero-order valence-electron chi connectivity index (χ0n) is 12.3. The fourth-order valence-corrected chi connectivity index (χ4v) is 2.95. The highest BCUT2D eigenvalue weighted by molar-refractivity contribution is 6.06. The van der Waals surface area contributed by atoms with Crippen molar-refractivity contribution in [1.29, 1.82) is 0 Å². The first-order chi connectivity index (χ1) is 10.3. The highest BCUT2D eigenvalue weighted by Gasteiger charge is 2.19. The number of benzene rings is 2. The molecule has 0 aromatic heterocycles. The van der Waals surface area contributed by atoms with Crippen LogP contribution in [-0.4, -0.2) is 18.7 Å². The molecule has 0 amide bonds. The largest absolute Gasteiger partial charge is 0.490 e. The van der Waals surface area contributed by atoms with Crippen LogP contribution in [0, 0.1) is 0 Å². The lowest BCUT2D eigenvalue weighted by molar-refractivity contribution is 0.0528. The third-order valence-electron chi connectivity index (χ3n) is 3.98. The minimum atomic E-state index is -0.277. The van der Waals surface area contributed by atoms with Gasteiger partial charge in [0, 0.05) is 5.39 Å². The number of carbonyl (C=O) groups is 1. The second kappa shape index (κ2) is 6.17. The second-order valence-corrected chi connectivity index (χ2v) is 5.40. The molecular formula is C18H20O3. The molecule has 0 heterocycles. The van der Waals surface area contributed by atoms with E-state index in [1.54, 1.807) is 0 Å². The molecule has 21 heavy (non-hydrogen) atoms. The molecule has 0 atom stereocenters. The Kier molecular flexibility index (Phi) is 4.09. The summed E-state index contributed by atoms with van der Waals surface area (Å²) in [5.41, 5.74) is 0.603. The molecule has 3 rings (SSSR count). The van der Waals surface area contributed by atoms with Crippen LogP contribution in [0.25, 0.3) is 10.8 Å². The Balaban J connectivity index is 1.99. The van der Waals surface area contributed by atoms with Crippen LogP contribution in [0.5, 0.6) is 5.75 Å². The van der Waals surface area contributed by atoms with Gasteiger partial charge in [-0.2, -0.15) is 0 Å². The maximum atomic E-state index is 12.1. The molecule has 0 bridgehead atoms. The van der Waals surface area contributed by atoms with E-state index in [1.165, 1.54) is 12.8 Å². The van der Waals surface area contributed by atoms with Crippen LogP contribution < -0.4 is 4.74 Å². The van der Waals surface area contributed by atoms with E-state index < -0.39 is 0 Å². The molecule has 110 valence electrons. The summed E-state index contributed by atoms with van der Waals surface area (Å²) in [5.74, 6) is 0.590. The van der Waals surface area contributed by atoms with Crippen LogP contribution in [0.1, 0.15) is 43.0 Å². The van der Waals surface area contributed by atoms with E-state index in [4.69, 9.17) is 9.47 Å². The van der Waals surface area contributed by atoms with Gasteiger partial charge < -0.3 is 9.47 Å². The molecule has 0 aliphatic heterocycles.